The molecule has 7 atom stereocenters. The maximum Gasteiger partial charge on any atom is 0.451 e. The van der Waals surface area contributed by atoms with Crippen LogP contribution in [0.5, 0.6) is 0 Å². The van der Waals surface area contributed by atoms with E-state index in [-0.39, 0.29) is 43.3 Å². The fourth-order valence-corrected chi connectivity index (χ4v) is 11.8. The molecule has 0 aromatic heterocycles. The Morgan fingerprint density at radius 1 is 0.539 bits per heavy atom. The molecule has 502 valence electrons. The zero-order valence-corrected chi connectivity index (χ0v) is 53.4. The van der Waals surface area contributed by atoms with E-state index in [0.29, 0.717) is 159 Å². The first-order chi connectivity index (χ1) is 42.4. The molecule has 25 nitrogen and oxygen atoms in total. The van der Waals surface area contributed by atoms with Crippen LogP contribution < -0.4 is 17.2 Å². The number of nitrogens with two attached hydrogens (primary N) is 3. The van der Waals surface area contributed by atoms with Gasteiger partial charge in [0.1, 0.15) is 16.6 Å². The van der Waals surface area contributed by atoms with Crippen molar-refractivity contribution in [3.05, 3.63) is 80.1 Å². The average Bonchev–Trinajstić information content (AvgIpc) is 3.07. The number of benzene rings is 2. The van der Waals surface area contributed by atoms with Gasteiger partial charge < -0.3 is 96.7 Å². The molecule has 3 aliphatic rings. The Balaban J connectivity index is 0.000000370. The predicted molar refractivity (Wildman–Crippen MR) is 345 cm³/mol. The van der Waals surface area contributed by atoms with Gasteiger partial charge in [0, 0.05) is 53.0 Å². The number of ether oxygens (including phenoxy) is 3. The van der Waals surface area contributed by atoms with Gasteiger partial charge in [-0.15, -0.1) is 0 Å². The van der Waals surface area contributed by atoms with Crippen molar-refractivity contribution in [2.24, 2.45) is 22.3 Å². The minimum Gasteiger partial charge on any atom is -0.480 e. The summed E-state index contributed by atoms with van der Waals surface area (Å²) in [6.45, 7) is 9.46. The Labute approximate surface area is 536 Å². The standard InChI is InChI=1S/C26H43BClN5O7.C20H32BClN2O5.C13H27BN2O4/c28-22-6-4-21(5-7-22)23-8-14-33(13-3-10-26(29,25(34)35)9-1-2-11-27(36)37)20-24(23)40-19-18-39-17-16-38-15-12-31-32-30;22-16-6-4-15(5-7-16)17-8-13-24(14-18(17)25)12-3-10-20(23,19(26)27)9-1-2-11-21(28)29;15-13(12(17)18,6-2-3-8-14(19)20)7-11-16-9-4-1-5-10-16/h4-7,23-24,36-37H,1-3,8-20,29H2,(H,34,35);4-7,17-18,25,28-29H,1-3,8-14,23H2,(H,26,27);19-20H,1-11,15H2,(H,17,18). The van der Waals surface area contributed by atoms with Gasteiger partial charge in [0.2, 0.25) is 0 Å². The number of aliphatic carboxylic acids is 3. The highest BCUT2D eigenvalue weighted by Gasteiger charge is 2.37. The lowest BCUT2D eigenvalue weighted by atomic mass is 9.81. The second-order valence-electron chi connectivity index (χ2n) is 24.1. The molecule has 0 spiro atoms. The van der Waals surface area contributed by atoms with Gasteiger partial charge in [0.05, 0.1) is 45.2 Å². The minimum atomic E-state index is -1.38. The van der Waals surface area contributed by atoms with Crippen molar-refractivity contribution >= 4 is 62.5 Å². The topological polar surface area (TPSA) is 418 Å². The number of β-amino-alcohol motifs (C(OH)–C–C–N with tert-alkyl or cyclic N) is 1. The molecular formula is C59H102B3Cl2N9O16. The first-order valence-electron chi connectivity index (χ1n) is 31.7. The van der Waals surface area contributed by atoms with Crippen molar-refractivity contribution in [2.75, 3.05) is 98.5 Å². The number of hydrogen-bond donors (Lipinski definition) is 13. The van der Waals surface area contributed by atoms with Crippen LogP contribution >= 0.6 is 23.2 Å². The number of carboxylic acids is 3. The van der Waals surface area contributed by atoms with Gasteiger partial charge >= 0.3 is 39.3 Å². The number of azide groups is 1. The van der Waals surface area contributed by atoms with Crippen LogP contribution in [-0.2, 0) is 28.6 Å². The van der Waals surface area contributed by atoms with Crippen LogP contribution in [0.1, 0.15) is 145 Å². The molecule has 3 aliphatic heterocycles. The fourth-order valence-electron chi connectivity index (χ4n) is 11.6. The highest BCUT2D eigenvalue weighted by molar-refractivity contribution is 6.41. The summed E-state index contributed by atoms with van der Waals surface area (Å²) in [4.78, 5) is 44.3. The maximum atomic E-state index is 11.9. The largest absolute Gasteiger partial charge is 0.480 e. The summed E-state index contributed by atoms with van der Waals surface area (Å²) in [6, 6.07) is 15.4. The Morgan fingerprint density at radius 2 is 0.944 bits per heavy atom. The van der Waals surface area contributed by atoms with E-state index < -0.39 is 62.0 Å². The van der Waals surface area contributed by atoms with E-state index in [1.165, 1.54) is 24.8 Å². The SMILES string of the molecule is NC(CCCCB(O)O)(CCCN1CCC(c2ccc(Cl)cc2)C(O)C1)C(=O)O.NC(CCCCB(O)O)(CCN1CCCCC1)C(=O)O.[N-]=[N+]=NCCOCCOCCOC1CN(CCCC(N)(CCCCB(O)O)C(=O)O)CCC1c1ccc(Cl)cc1. The molecule has 0 aliphatic carbocycles. The smallest absolute Gasteiger partial charge is 0.451 e. The molecule has 0 bridgehead atoms. The fraction of sp³-hybridized carbons (Fsp3) is 0.746. The molecule has 89 heavy (non-hydrogen) atoms. The Morgan fingerprint density at radius 3 is 1.38 bits per heavy atom. The van der Waals surface area contributed by atoms with Crippen molar-refractivity contribution in [3.8, 4) is 0 Å². The summed E-state index contributed by atoms with van der Waals surface area (Å²) in [5, 5.41) is 97.2. The normalized spacial score (nSPS) is 20.2. The Bertz CT molecular complexity index is 2330. The number of hydrogen-bond acceptors (Lipinski definition) is 20. The monoisotopic (exact) mass is 1300 g/mol. The van der Waals surface area contributed by atoms with Gasteiger partial charge in [0.25, 0.3) is 0 Å². The van der Waals surface area contributed by atoms with Gasteiger partial charge in [-0.25, -0.2) is 0 Å². The van der Waals surface area contributed by atoms with Crippen LogP contribution in [-0.4, -0.2) is 232 Å². The highest BCUT2D eigenvalue weighted by Crippen LogP contribution is 2.33. The first-order valence-corrected chi connectivity index (χ1v) is 32.4. The summed E-state index contributed by atoms with van der Waals surface area (Å²) in [5.74, 6) is -2.73. The summed E-state index contributed by atoms with van der Waals surface area (Å²) >= 11 is 12.0. The van der Waals surface area contributed by atoms with Gasteiger partial charge in [0.15, 0.2) is 0 Å². The van der Waals surface area contributed by atoms with Crippen LogP contribution in [0.15, 0.2) is 53.6 Å². The maximum absolute atomic E-state index is 11.9. The van der Waals surface area contributed by atoms with Gasteiger partial charge in [-0.05, 0) is 176 Å². The third-order valence-electron chi connectivity index (χ3n) is 17.0. The van der Waals surface area contributed by atoms with E-state index >= 15 is 0 Å². The van der Waals surface area contributed by atoms with Crippen LogP contribution in [0.3, 0.4) is 0 Å². The summed E-state index contributed by atoms with van der Waals surface area (Å²) in [7, 11) is -4.07. The molecule has 0 radical (unpaired) electrons. The van der Waals surface area contributed by atoms with Crippen molar-refractivity contribution in [3.63, 3.8) is 0 Å². The zero-order valence-electron chi connectivity index (χ0n) is 51.9. The molecule has 7 unspecified atom stereocenters. The van der Waals surface area contributed by atoms with E-state index in [1.807, 2.05) is 48.5 Å². The minimum absolute atomic E-state index is 0.0642. The second kappa shape index (κ2) is 44.0. The third-order valence-corrected chi connectivity index (χ3v) is 17.5. The number of aliphatic hydroxyl groups excluding tert-OH is 1. The van der Waals surface area contributed by atoms with Crippen LogP contribution in [0, 0.1) is 0 Å². The number of halogens is 2. The lowest BCUT2D eigenvalue weighted by molar-refractivity contribution is -0.145. The van der Waals surface area contributed by atoms with Crippen LogP contribution in [0.25, 0.3) is 10.4 Å². The van der Waals surface area contributed by atoms with Gasteiger partial charge in [-0.3, -0.25) is 14.4 Å². The van der Waals surface area contributed by atoms with Gasteiger partial charge in [-0.1, -0.05) is 97.5 Å². The molecule has 2 aromatic rings. The third kappa shape index (κ3) is 32.6. The molecule has 30 heteroatoms. The Kier molecular flexibility index (Phi) is 39.3. The summed E-state index contributed by atoms with van der Waals surface area (Å²) in [6.07, 6.45) is 12.1. The van der Waals surface area contributed by atoms with Crippen LogP contribution in [0.4, 0.5) is 0 Å². The molecule has 16 N–H and O–H groups in total. The van der Waals surface area contributed by atoms with E-state index in [4.69, 9.17) is 90.3 Å². The number of rotatable bonds is 41. The predicted octanol–water partition coefficient (Wildman–Crippen LogP) is 5.05. The quantitative estimate of drug-likeness (QED) is 0.0136. The van der Waals surface area contributed by atoms with Crippen molar-refractivity contribution < 1.29 is 79.2 Å². The number of carbonyl (C=O) groups is 3. The second-order valence-corrected chi connectivity index (χ2v) is 24.9. The molecule has 3 saturated heterocycles. The number of unbranched alkanes of at least 4 members (excludes halogenated alkanes) is 3. The average molecular weight is 1300 g/mol. The van der Waals surface area contributed by atoms with E-state index in [1.54, 1.807) is 0 Å². The molecule has 3 heterocycles. The van der Waals surface area contributed by atoms with Crippen LogP contribution in [0.2, 0.25) is 29.0 Å². The molecule has 0 saturated carbocycles. The highest BCUT2D eigenvalue weighted by atomic mass is 35.5. The van der Waals surface area contributed by atoms with E-state index in [2.05, 4.69) is 24.7 Å². The molecular weight excluding hydrogens is 1190 g/mol. The molecule has 0 amide bonds. The number of likely N-dealkylation sites (tertiary alicyclic amines) is 3. The summed E-state index contributed by atoms with van der Waals surface area (Å²) in [5.41, 5.74) is 25.0. The zero-order chi connectivity index (χ0) is 65.7. The number of carboxylic acid groups (broad SMARTS) is 3. The lowest BCUT2D eigenvalue weighted by Gasteiger charge is -2.39. The van der Waals surface area contributed by atoms with Gasteiger partial charge in [-0.2, -0.15) is 0 Å². The first kappa shape index (κ1) is 79.5. The molecule has 2 aromatic carbocycles. The number of aliphatic hydroxyl groups is 1. The molecule has 3 fully saturated rings. The van der Waals surface area contributed by atoms with E-state index in [9.17, 15) is 34.8 Å². The van der Waals surface area contributed by atoms with Crippen molar-refractivity contribution in [2.45, 2.75) is 182 Å². The molecule has 5 rings (SSSR count). The lowest BCUT2D eigenvalue weighted by Crippen LogP contribution is -2.50. The number of nitrogens with zero attached hydrogens (tertiary/aromatic N) is 6. The number of piperidine rings is 3. The van der Waals surface area contributed by atoms with E-state index in [0.717, 1.165) is 51.1 Å². The Hall–Kier alpha value is -3.71. The van der Waals surface area contributed by atoms with Crippen molar-refractivity contribution in [1.29, 1.82) is 0 Å². The summed E-state index contributed by atoms with van der Waals surface area (Å²) < 4.78 is 17.2. The van der Waals surface area contributed by atoms with Crippen molar-refractivity contribution in [1.82, 2.24) is 14.7 Å².